The Balaban J connectivity index is 1.77. The SMILES string of the molecule is N#Cc1cc(CNCCc2ccncc2)ccn1. The predicted molar refractivity (Wildman–Crippen MR) is 68.6 cm³/mol. The van der Waals surface area contributed by atoms with Crippen LogP contribution in [0.4, 0.5) is 0 Å². The fourth-order valence-corrected chi connectivity index (χ4v) is 1.66. The summed E-state index contributed by atoms with van der Waals surface area (Å²) < 4.78 is 0. The number of rotatable bonds is 5. The maximum absolute atomic E-state index is 8.74. The number of hydrogen-bond donors (Lipinski definition) is 1. The van der Waals surface area contributed by atoms with E-state index in [1.165, 1.54) is 5.56 Å². The first-order valence-corrected chi connectivity index (χ1v) is 5.83. The summed E-state index contributed by atoms with van der Waals surface area (Å²) >= 11 is 0. The van der Waals surface area contributed by atoms with Crippen molar-refractivity contribution in [2.75, 3.05) is 6.54 Å². The molecule has 0 radical (unpaired) electrons. The molecule has 0 atom stereocenters. The van der Waals surface area contributed by atoms with Crippen molar-refractivity contribution in [1.82, 2.24) is 15.3 Å². The molecular weight excluding hydrogens is 224 g/mol. The minimum Gasteiger partial charge on any atom is -0.312 e. The van der Waals surface area contributed by atoms with Gasteiger partial charge in [-0.05, 0) is 48.4 Å². The summed E-state index contributed by atoms with van der Waals surface area (Å²) in [5, 5.41) is 12.1. The quantitative estimate of drug-likeness (QED) is 0.805. The van der Waals surface area contributed by atoms with Gasteiger partial charge >= 0.3 is 0 Å². The van der Waals surface area contributed by atoms with Gasteiger partial charge in [0.15, 0.2) is 0 Å². The van der Waals surface area contributed by atoms with E-state index in [1.807, 2.05) is 24.3 Å². The Kier molecular flexibility index (Phi) is 4.39. The summed E-state index contributed by atoms with van der Waals surface area (Å²) in [4.78, 5) is 7.92. The minimum atomic E-state index is 0.462. The van der Waals surface area contributed by atoms with E-state index in [0.717, 1.165) is 25.1 Å². The Morgan fingerprint density at radius 3 is 2.67 bits per heavy atom. The number of nitrogens with one attached hydrogen (secondary N) is 1. The molecule has 0 fully saturated rings. The van der Waals surface area contributed by atoms with Crippen molar-refractivity contribution in [2.45, 2.75) is 13.0 Å². The highest BCUT2D eigenvalue weighted by Gasteiger charge is 1.96. The number of nitriles is 1. The van der Waals surface area contributed by atoms with Crippen LogP contribution >= 0.6 is 0 Å². The summed E-state index contributed by atoms with van der Waals surface area (Å²) in [6, 6.07) is 9.79. The van der Waals surface area contributed by atoms with Gasteiger partial charge in [-0.1, -0.05) is 0 Å². The average molecular weight is 238 g/mol. The Hall–Kier alpha value is -2.25. The van der Waals surface area contributed by atoms with E-state index in [9.17, 15) is 0 Å². The molecular formula is C14H14N4. The van der Waals surface area contributed by atoms with Crippen LogP contribution in [0, 0.1) is 11.3 Å². The van der Waals surface area contributed by atoms with Crippen LogP contribution in [0.2, 0.25) is 0 Å². The highest BCUT2D eigenvalue weighted by molar-refractivity contribution is 5.25. The van der Waals surface area contributed by atoms with Gasteiger partial charge in [0.2, 0.25) is 0 Å². The van der Waals surface area contributed by atoms with Gasteiger partial charge in [-0.2, -0.15) is 5.26 Å². The fourth-order valence-electron chi connectivity index (χ4n) is 1.66. The molecule has 0 amide bonds. The van der Waals surface area contributed by atoms with E-state index in [0.29, 0.717) is 5.69 Å². The zero-order chi connectivity index (χ0) is 12.6. The van der Waals surface area contributed by atoms with Gasteiger partial charge in [-0.15, -0.1) is 0 Å². The van der Waals surface area contributed by atoms with Crippen molar-refractivity contribution in [1.29, 1.82) is 5.26 Å². The molecule has 2 aromatic heterocycles. The second-order valence-electron chi connectivity index (χ2n) is 3.94. The molecule has 0 bridgehead atoms. The largest absolute Gasteiger partial charge is 0.312 e. The van der Waals surface area contributed by atoms with Crippen molar-refractivity contribution < 1.29 is 0 Å². The molecule has 18 heavy (non-hydrogen) atoms. The van der Waals surface area contributed by atoms with Crippen molar-refractivity contribution in [3.05, 3.63) is 59.7 Å². The lowest BCUT2D eigenvalue weighted by Gasteiger charge is -2.05. The van der Waals surface area contributed by atoms with Gasteiger partial charge in [0.25, 0.3) is 0 Å². The van der Waals surface area contributed by atoms with Crippen LogP contribution in [0.1, 0.15) is 16.8 Å². The third-order valence-corrected chi connectivity index (χ3v) is 2.61. The molecule has 0 aliphatic carbocycles. The summed E-state index contributed by atoms with van der Waals surface area (Å²) in [5.41, 5.74) is 2.81. The fraction of sp³-hybridized carbons (Fsp3) is 0.214. The number of aromatic nitrogens is 2. The number of hydrogen-bond acceptors (Lipinski definition) is 4. The van der Waals surface area contributed by atoms with E-state index >= 15 is 0 Å². The molecule has 0 aliphatic rings. The van der Waals surface area contributed by atoms with Crippen LogP contribution in [0.3, 0.4) is 0 Å². The summed E-state index contributed by atoms with van der Waals surface area (Å²) in [6.45, 7) is 1.65. The third kappa shape index (κ3) is 3.65. The zero-order valence-corrected chi connectivity index (χ0v) is 10.0. The highest BCUT2D eigenvalue weighted by atomic mass is 14.8. The Bertz CT molecular complexity index is 531. The molecule has 0 unspecified atom stereocenters. The van der Waals surface area contributed by atoms with Crippen LogP contribution in [0.5, 0.6) is 0 Å². The Morgan fingerprint density at radius 1 is 1.11 bits per heavy atom. The molecule has 0 saturated heterocycles. The third-order valence-electron chi connectivity index (χ3n) is 2.61. The summed E-state index contributed by atoms with van der Waals surface area (Å²) in [6.07, 6.45) is 6.24. The van der Waals surface area contributed by atoms with E-state index in [4.69, 9.17) is 5.26 Å². The van der Waals surface area contributed by atoms with Gasteiger partial charge < -0.3 is 5.32 Å². The van der Waals surface area contributed by atoms with E-state index in [2.05, 4.69) is 15.3 Å². The van der Waals surface area contributed by atoms with Crippen LogP contribution < -0.4 is 5.32 Å². The van der Waals surface area contributed by atoms with E-state index < -0.39 is 0 Å². The van der Waals surface area contributed by atoms with Crippen molar-refractivity contribution in [3.8, 4) is 6.07 Å². The number of pyridine rings is 2. The van der Waals surface area contributed by atoms with Gasteiger partial charge in [0.1, 0.15) is 11.8 Å². The molecule has 4 nitrogen and oxygen atoms in total. The Morgan fingerprint density at radius 2 is 1.89 bits per heavy atom. The maximum atomic E-state index is 8.74. The van der Waals surface area contributed by atoms with Crippen molar-refractivity contribution in [3.63, 3.8) is 0 Å². The second-order valence-corrected chi connectivity index (χ2v) is 3.94. The predicted octanol–water partition coefficient (Wildman–Crippen LogP) is 1.68. The molecule has 0 spiro atoms. The molecule has 4 heteroatoms. The molecule has 2 rings (SSSR count). The zero-order valence-electron chi connectivity index (χ0n) is 10.0. The minimum absolute atomic E-state index is 0.462. The van der Waals surface area contributed by atoms with Gasteiger partial charge in [0, 0.05) is 25.1 Å². The van der Waals surface area contributed by atoms with E-state index in [-0.39, 0.29) is 0 Å². The lowest BCUT2D eigenvalue weighted by atomic mass is 10.2. The second kappa shape index (κ2) is 6.48. The van der Waals surface area contributed by atoms with Gasteiger partial charge in [-0.25, -0.2) is 4.98 Å². The maximum Gasteiger partial charge on any atom is 0.140 e. The molecule has 2 heterocycles. The molecule has 1 N–H and O–H groups in total. The summed E-state index contributed by atoms with van der Waals surface area (Å²) in [5.74, 6) is 0. The first-order valence-electron chi connectivity index (χ1n) is 5.83. The van der Waals surface area contributed by atoms with Crippen molar-refractivity contribution >= 4 is 0 Å². The highest BCUT2D eigenvalue weighted by Crippen LogP contribution is 2.01. The molecule has 0 aliphatic heterocycles. The molecule has 0 saturated carbocycles. The molecule has 90 valence electrons. The van der Waals surface area contributed by atoms with Crippen molar-refractivity contribution in [2.24, 2.45) is 0 Å². The van der Waals surface area contributed by atoms with Crippen LogP contribution in [-0.4, -0.2) is 16.5 Å². The van der Waals surface area contributed by atoms with Crippen LogP contribution in [0.25, 0.3) is 0 Å². The smallest absolute Gasteiger partial charge is 0.140 e. The molecule has 2 aromatic rings. The Labute approximate surface area is 106 Å². The topological polar surface area (TPSA) is 61.6 Å². The monoisotopic (exact) mass is 238 g/mol. The first kappa shape index (κ1) is 12.2. The van der Waals surface area contributed by atoms with Crippen LogP contribution in [-0.2, 0) is 13.0 Å². The van der Waals surface area contributed by atoms with Gasteiger partial charge in [0.05, 0.1) is 0 Å². The number of nitrogens with zero attached hydrogens (tertiary/aromatic N) is 3. The lowest BCUT2D eigenvalue weighted by molar-refractivity contribution is 0.686. The van der Waals surface area contributed by atoms with Crippen LogP contribution in [0.15, 0.2) is 42.9 Å². The average Bonchev–Trinajstić information content (AvgIpc) is 2.45. The lowest BCUT2D eigenvalue weighted by Crippen LogP contribution is -2.16. The van der Waals surface area contributed by atoms with Gasteiger partial charge in [-0.3, -0.25) is 4.98 Å². The summed E-state index contributed by atoms with van der Waals surface area (Å²) in [7, 11) is 0. The van der Waals surface area contributed by atoms with E-state index in [1.54, 1.807) is 24.7 Å². The normalized spacial score (nSPS) is 9.94. The first-order chi connectivity index (χ1) is 8.88. The standard InChI is InChI=1S/C14H14N4/c15-10-14-9-13(4-8-18-14)11-17-7-3-12-1-5-16-6-2-12/h1-2,4-6,8-9,17H,3,7,11H2. The molecule has 0 aromatic carbocycles.